The molecule has 2 amide bonds. The van der Waals surface area contributed by atoms with Gasteiger partial charge >= 0.3 is 12.3 Å². The number of alkyl halides is 3. The van der Waals surface area contributed by atoms with Crippen molar-refractivity contribution in [2.45, 2.75) is 24.6 Å². The van der Waals surface area contributed by atoms with Crippen LogP contribution in [-0.2, 0) is 11.0 Å². The number of hydrogen-bond donors (Lipinski definition) is 3. The van der Waals surface area contributed by atoms with Crippen LogP contribution in [0.15, 0.2) is 30.3 Å². The van der Waals surface area contributed by atoms with Gasteiger partial charge in [0.2, 0.25) is 17.7 Å². The van der Waals surface area contributed by atoms with Crippen molar-refractivity contribution in [1.29, 1.82) is 0 Å². The minimum absolute atomic E-state index is 0.0329. The number of anilines is 1. The minimum Gasteiger partial charge on any atom is -0.465 e. The van der Waals surface area contributed by atoms with Gasteiger partial charge < -0.3 is 30.1 Å². The van der Waals surface area contributed by atoms with Gasteiger partial charge in [-0.05, 0) is 25.0 Å². The molecule has 1 aromatic heterocycles. The Morgan fingerprint density at radius 3 is 2.47 bits per heavy atom. The van der Waals surface area contributed by atoms with Crippen molar-refractivity contribution < 1.29 is 42.1 Å². The number of carbonyl (C=O) groups excluding carboxylic acids is 1. The molecule has 10 nitrogen and oxygen atoms in total. The number of carboxylic acid groups (broad SMARTS) is 1. The lowest BCUT2D eigenvalue weighted by molar-refractivity contribution is -0.141. The molecule has 0 aliphatic carbocycles. The van der Waals surface area contributed by atoms with Crippen LogP contribution in [0.2, 0.25) is 0 Å². The molecule has 4 rings (SSSR count). The van der Waals surface area contributed by atoms with Gasteiger partial charge in [0.1, 0.15) is 11.6 Å². The Balaban J connectivity index is 1.39. The third-order valence-electron chi connectivity index (χ3n) is 6.09. The SMILES string of the molecule is O=C(NCC1(O)CCN(c2nc(Oc3cccc(F)c3)cc(C(F)(F)F)n2)CC1)C1CN(C(=O)O)C1. The Hall–Kier alpha value is -3.68. The summed E-state index contributed by atoms with van der Waals surface area (Å²) in [7, 11) is 0. The van der Waals surface area contributed by atoms with E-state index in [0.29, 0.717) is 6.07 Å². The normalized spacial score (nSPS) is 17.9. The predicted octanol–water partition coefficient (Wildman–Crippen LogP) is 2.48. The number of nitrogens with one attached hydrogen (secondary N) is 1. The molecule has 0 saturated carbocycles. The van der Waals surface area contributed by atoms with Crippen molar-refractivity contribution in [3.8, 4) is 11.6 Å². The number of nitrogens with zero attached hydrogens (tertiary/aromatic N) is 4. The fourth-order valence-corrected chi connectivity index (χ4v) is 3.90. The van der Waals surface area contributed by atoms with Crippen LogP contribution < -0.4 is 15.0 Å². The van der Waals surface area contributed by atoms with Crippen LogP contribution in [0.3, 0.4) is 0 Å². The van der Waals surface area contributed by atoms with Crippen molar-refractivity contribution in [2.75, 3.05) is 37.6 Å². The Morgan fingerprint density at radius 1 is 1.17 bits per heavy atom. The number of halogens is 4. The quantitative estimate of drug-likeness (QED) is 0.503. The molecule has 0 spiro atoms. The summed E-state index contributed by atoms with van der Waals surface area (Å²) in [5.74, 6) is -2.19. The Morgan fingerprint density at radius 2 is 1.86 bits per heavy atom. The summed E-state index contributed by atoms with van der Waals surface area (Å²) >= 11 is 0. The smallest absolute Gasteiger partial charge is 0.433 e. The van der Waals surface area contributed by atoms with Crippen LogP contribution in [0.4, 0.5) is 28.3 Å². The van der Waals surface area contributed by atoms with Gasteiger partial charge in [0.25, 0.3) is 0 Å². The lowest BCUT2D eigenvalue weighted by Gasteiger charge is -2.40. The molecule has 2 aliphatic rings. The molecule has 2 fully saturated rings. The van der Waals surface area contributed by atoms with Crippen LogP contribution in [0.25, 0.3) is 0 Å². The number of aromatic nitrogens is 2. The van der Waals surface area contributed by atoms with Gasteiger partial charge in [0.05, 0.1) is 11.5 Å². The topological polar surface area (TPSA) is 128 Å². The zero-order chi connectivity index (χ0) is 26.1. The summed E-state index contributed by atoms with van der Waals surface area (Å²) in [5.41, 5.74) is -2.53. The molecule has 36 heavy (non-hydrogen) atoms. The zero-order valence-corrected chi connectivity index (χ0v) is 18.8. The van der Waals surface area contributed by atoms with E-state index < -0.39 is 41.2 Å². The number of aliphatic hydroxyl groups is 1. The minimum atomic E-state index is -4.78. The largest absolute Gasteiger partial charge is 0.465 e. The average Bonchev–Trinajstić information content (AvgIpc) is 2.76. The second kappa shape index (κ2) is 9.76. The van der Waals surface area contributed by atoms with Crippen molar-refractivity contribution >= 4 is 17.9 Å². The van der Waals surface area contributed by atoms with E-state index in [1.54, 1.807) is 0 Å². The first-order valence-electron chi connectivity index (χ1n) is 11.0. The highest BCUT2D eigenvalue weighted by Gasteiger charge is 2.39. The molecular formula is C22H23F4N5O5. The summed E-state index contributed by atoms with van der Waals surface area (Å²) in [5, 5.41) is 22.3. The molecular weight excluding hydrogens is 490 g/mol. The van der Waals surface area contributed by atoms with E-state index in [2.05, 4.69) is 15.3 Å². The first kappa shape index (κ1) is 25.4. The van der Waals surface area contributed by atoms with E-state index in [0.717, 1.165) is 17.0 Å². The van der Waals surface area contributed by atoms with E-state index in [1.165, 1.54) is 17.0 Å². The molecule has 0 unspecified atom stereocenters. The summed E-state index contributed by atoms with van der Waals surface area (Å²) in [6.45, 7) is 0.286. The average molecular weight is 513 g/mol. The highest BCUT2D eigenvalue weighted by atomic mass is 19.4. The van der Waals surface area contributed by atoms with E-state index in [-0.39, 0.29) is 63.2 Å². The van der Waals surface area contributed by atoms with Crippen LogP contribution >= 0.6 is 0 Å². The van der Waals surface area contributed by atoms with Gasteiger partial charge in [-0.15, -0.1) is 0 Å². The number of piperidine rings is 1. The second-order valence-electron chi connectivity index (χ2n) is 8.76. The molecule has 2 saturated heterocycles. The standard InChI is InChI=1S/C22H23F4N5O5/c23-14-2-1-3-15(8-14)36-17-9-16(22(24,25)26)28-19(29-17)30-6-4-21(35,5-7-30)12-27-18(32)13-10-31(11-13)20(33)34/h1-3,8-9,13,35H,4-7,10-12H2,(H,27,32)(H,33,34). The third kappa shape index (κ3) is 5.93. The highest BCUT2D eigenvalue weighted by molar-refractivity contribution is 5.82. The Bertz CT molecular complexity index is 1130. The van der Waals surface area contributed by atoms with E-state index in [4.69, 9.17) is 9.84 Å². The van der Waals surface area contributed by atoms with Gasteiger partial charge in [-0.25, -0.2) is 14.2 Å². The third-order valence-corrected chi connectivity index (χ3v) is 6.09. The molecule has 2 aliphatic heterocycles. The fourth-order valence-electron chi connectivity index (χ4n) is 3.90. The Labute approximate surface area is 202 Å². The van der Waals surface area contributed by atoms with Crippen LogP contribution in [0.1, 0.15) is 18.5 Å². The van der Waals surface area contributed by atoms with E-state index >= 15 is 0 Å². The lowest BCUT2D eigenvalue weighted by Crippen LogP contribution is -2.58. The second-order valence-corrected chi connectivity index (χ2v) is 8.76. The Kier molecular flexibility index (Phi) is 6.89. The maximum absolute atomic E-state index is 13.4. The van der Waals surface area contributed by atoms with Crippen LogP contribution in [0, 0.1) is 11.7 Å². The fraction of sp³-hybridized carbons (Fsp3) is 0.455. The van der Waals surface area contributed by atoms with E-state index in [9.17, 15) is 32.3 Å². The van der Waals surface area contributed by atoms with E-state index in [1.807, 2.05) is 0 Å². The molecule has 14 heteroatoms. The molecule has 3 N–H and O–H groups in total. The zero-order valence-electron chi connectivity index (χ0n) is 18.8. The molecule has 0 bridgehead atoms. The predicted molar refractivity (Wildman–Crippen MR) is 116 cm³/mol. The van der Waals surface area contributed by atoms with Gasteiger partial charge in [0.15, 0.2) is 5.69 Å². The first-order chi connectivity index (χ1) is 16.9. The molecule has 1 aromatic carbocycles. The summed E-state index contributed by atoms with van der Waals surface area (Å²) in [6, 6.07) is 5.50. The van der Waals surface area contributed by atoms with Crippen molar-refractivity contribution in [2.24, 2.45) is 5.92 Å². The van der Waals surface area contributed by atoms with Crippen molar-refractivity contribution in [3.63, 3.8) is 0 Å². The van der Waals surface area contributed by atoms with Crippen LogP contribution in [0.5, 0.6) is 11.6 Å². The van der Waals surface area contributed by atoms with Gasteiger partial charge in [0, 0.05) is 44.9 Å². The summed E-state index contributed by atoms with van der Waals surface area (Å²) < 4.78 is 59.1. The number of amides is 2. The maximum atomic E-state index is 13.4. The molecule has 194 valence electrons. The number of carbonyl (C=O) groups is 2. The van der Waals surface area contributed by atoms with Crippen molar-refractivity contribution in [3.05, 3.63) is 41.8 Å². The van der Waals surface area contributed by atoms with Gasteiger partial charge in [-0.2, -0.15) is 18.2 Å². The van der Waals surface area contributed by atoms with Gasteiger partial charge in [-0.1, -0.05) is 6.07 Å². The summed E-state index contributed by atoms with van der Waals surface area (Å²) in [4.78, 5) is 33.2. The van der Waals surface area contributed by atoms with Gasteiger partial charge in [-0.3, -0.25) is 4.79 Å². The molecule has 0 radical (unpaired) electrons. The molecule has 2 aromatic rings. The first-order valence-corrected chi connectivity index (χ1v) is 11.0. The van der Waals surface area contributed by atoms with Crippen molar-refractivity contribution in [1.82, 2.24) is 20.2 Å². The number of rotatable bonds is 6. The molecule has 3 heterocycles. The van der Waals surface area contributed by atoms with Crippen LogP contribution in [-0.4, -0.2) is 75.4 Å². The number of likely N-dealkylation sites (tertiary alicyclic amines) is 1. The number of hydrogen-bond acceptors (Lipinski definition) is 7. The maximum Gasteiger partial charge on any atom is 0.433 e. The number of ether oxygens (including phenoxy) is 1. The number of benzene rings is 1. The summed E-state index contributed by atoms with van der Waals surface area (Å²) in [6.07, 6.45) is -5.67. The molecule has 0 atom stereocenters. The monoisotopic (exact) mass is 513 g/mol. The lowest BCUT2D eigenvalue weighted by atomic mass is 9.91. The highest BCUT2D eigenvalue weighted by Crippen LogP contribution is 2.33.